The van der Waals surface area contributed by atoms with Gasteiger partial charge >= 0.3 is 0 Å². The van der Waals surface area contributed by atoms with E-state index in [1.165, 1.54) is 16.7 Å². The van der Waals surface area contributed by atoms with E-state index in [0.29, 0.717) is 25.3 Å². The monoisotopic (exact) mass is 340 g/mol. The molecule has 2 aliphatic carbocycles. The lowest BCUT2D eigenvalue weighted by Crippen LogP contribution is -2.38. The molecule has 0 unspecified atom stereocenters. The van der Waals surface area contributed by atoms with Crippen LogP contribution in [0.25, 0.3) is 6.08 Å². The van der Waals surface area contributed by atoms with Crippen molar-refractivity contribution in [3.63, 3.8) is 0 Å². The maximum absolute atomic E-state index is 12.6. The molecule has 2 aliphatic rings. The minimum Gasteiger partial charge on any atom is -0.353 e. The first-order valence-corrected chi connectivity index (χ1v) is 9.38. The Labute approximate surface area is 149 Å². The molecule has 1 saturated carbocycles. The topological polar surface area (TPSA) is 72.2 Å². The van der Waals surface area contributed by atoms with Crippen LogP contribution >= 0.6 is 0 Å². The molecule has 1 aromatic rings. The summed E-state index contributed by atoms with van der Waals surface area (Å²) in [4.78, 5) is 24.3. The molecule has 0 atom stereocenters. The lowest BCUT2D eigenvalue weighted by atomic mass is 9.82. The van der Waals surface area contributed by atoms with Gasteiger partial charge in [0.25, 0.3) is 0 Å². The molecule has 3 rings (SSSR count). The number of carbonyl (C=O) groups excluding carboxylic acids is 2. The minimum atomic E-state index is 0.0449. The number of fused-ring (bicyclic) bond motifs is 1. The highest BCUT2D eigenvalue weighted by Crippen LogP contribution is 2.30. The van der Waals surface area contributed by atoms with E-state index < -0.39 is 0 Å². The molecule has 0 saturated heterocycles. The zero-order valence-corrected chi connectivity index (χ0v) is 15.0. The van der Waals surface area contributed by atoms with Gasteiger partial charge < -0.3 is 11.1 Å². The average molecular weight is 340 g/mol. The summed E-state index contributed by atoms with van der Waals surface area (Å²) < 4.78 is 0. The average Bonchev–Trinajstić information content (AvgIpc) is 2.96. The number of carbonyl (C=O) groups is 2. The molecule has 0 aromatic heterocycles. The molecule has 3 N–H and O–H groups in total. The Bertz CT molecular complexity index is 685. The predicted octanol–water partition coefficient (Wildman–Crippen LogP) is 3.24. The molecule has 25 heavy (non-hydrogen) atoms. The summed E-state index contributed by atoms with van der Waals surface area (Å²) in [6, 6.07) is 6.37. The van der Waals surface area contributed by atoms with Crippen LogP contribution in [0, 0.1) is 5.92 Å². The van der Waals surface area contributed by atoms with E-state index in [-0.39, 0.29) is 17.7 Å². The van der Waals surface area contributed by atoms with Gasteiger partial charge in [-0.05, 0) is 62.1 Å². The van der Waals surface area contributed by atoms with E-state index in [4.69, 9.17) is 5.73 Å². The van der Waals surface area contributed by atoms with Crippen LogP contribution < -0.4 is 11.1 Å². The van der Waals surface area contributed by atoms with Crippen LogP contribution in [-0.4, -0.2) is 24.3 Å². The van der Waals surface area contributed by atoms with Gasteiger partial charge in [0.2, 0.25) is 5.91 Å². The van der Waals surface area contributed by atoms with Crippen LogP contribution in [0.4, 0.5) is 0 Å². The van der Waals surface area contributed by atoms with Gasteiger partial charge in [-0.25, -0.2) is 0 Å². The summed E-state index contributed by atoms with van der Waals surface area (Å²) in [7, 11) is 0. The van der Waals surface area contributed by atoms with Crippen LogP contribution in [-0.2, 0) is 11.2 Å². The lowest BCUT2D eigenvalue weighted by Gasteiger charge is -2.28. The van der Waals surface area contributed by atoms with Crippen molar-refractivity contribution in [2.45, 2.75) is 57.9 Å². The van der Waals surface area contributed by atoms with Gasteiger partial charge in [-0.1, -0.05) is 23.8 Å². The van der Waals surface area contributed by atoms with Crippen molar-refractivity contribution < 1.29 is 9.59 Å². The van der Waals surface area contributed by atoms with Crippen molar-refractivity contribution in [2.75, 3.05) is 6.54 Å². The number of amides is 1. The van der Waals surface area contributed by atoms with E-state index in [1.807, 2.05) is 12.1 Å². The SMILES string of the molecule is CC1=Cc2cc(C(=O)CC3CCC(NC(=O)CCN)CC3)ccc2C1. The van der Waals surface area contributed by atoms with Crippen molar-refractivity contribution in [1.82, 2.24) is 5.32 Å². The summed E-state index contributed by atoms with van der Waals surface area (Å²) in [5.74, 6) is 0.723. The van der Waals surface area contributed by atoms with E-state index in [0.717, 1.165) is 37.7 Å². The summed E-state index contributed by atoms with van der Waals surface area (Å²) in [5.41, 5.74) is 10.1. The summed E-state index contributed by atoms with van der Waals surface area (Å²) in [6.07, 6.45) is 8.12. The summed E-state index contributed by atoms with van der Waals surface area (Å²) >= 11 is 0. The number of nitrogens with two attached hydrogens (primary N) is 1. The van der Waals surface area contributed by atoms with Gasteiger partial charge in [-0.2, -0.15) is 0 Å². The Balaban J connectivity index is 1.50. The molecule has 4 nitrogen and oxygen atoms in total. The molecule has 1 fully saturated rings. The highest BCUT2D eigenvalue weighted by atomic mass is 16.1. The molecule has 4 heteroatoms. The zero-order valence-electron chi connectivity index (χ0n) is 15.0. The fourth-order valence-corrected chi connectivity index (χ4v) is 4.00. The minimum absolute atomic E-state index is 0.0449. The Kier molecular flexibility index (Phi) is 5.69. The quantitative estimate of drug-likeness (QED) is 0.781. The number of rotatable bonds is 6. The Morgan fingerprint density at radius 2 is 1.96 bits per heavy atom. The van der Waals surface area contributed by atoms with Gasteiger partial charge in [-0.15, -0.1) is 0 Å². The molecule has 0 bridgehead atoms. The first-order chi connectivity index (χ1) is 12.0. The largest absolute Gasteiger partial charge is 0.353 e. The van der Waals surface area contributed by atoms with E-state index >= 15 is 0 Å². The summed E-state index contributed by atoms with van der Waals surface area (Å²) in [5, 5.41) is 3.05. The van der Waals surface area contributed by atoms with Crippen molar-refractivity contribution in [1.29, 1.82) is 0 Å². The van der Waals surface area contributed by atoms with Gasteiger partial charge in [0, 0.05) is 31.0 Å². The first-order valence-electron chi connectivity index (χ1n) is 9.38. The first kappa shape index (κ1) is 17.9. The van der Waals surface area contributed by atoms with Gasteiger partial charge in [-0.3, -0.25) is 9.59 Å². The second-order valence-corrected chi connectivity index (χ2v) is 7.53. The lowest BCUT2D eigenvalue weighted by molar-refractivity contribution is -0.121. The Hall–Kier alpha value is -1.94. The smallest absolute Gasteiger partial charge is 0.221 e. The van der Waals surface area contributed by atoms with Crippen molar-refractivity contribution in [3.8, 4) is 0 Å². The number of ketones is 1. The molecule has 134 valence electrons. The van der Waals surface area contributed by atoms with Crippen LogP contribution in [0.15, 0.2) is 23.8 Å². The fourth-order valence-electron chi connectivity index (χ4n) is 4.00. The van der Waals surface area contributed by atoms with Crippen LogP contribution in [0.1, 0.15) is 66.9 Å². The molecule has 0 heterocycles. The molecule has 1 aromatic carbocycles. The second-order valence-electron chi connectivity index (χ2n) is 7.53. The third-order valence-corrected chi connectivity index (χ3v) is 5.40. The van der Waals surface area contributed by atoms with E-state index in [9.17, 15) is 9.59 Å². The number of benzene rings is 1. The predicted molar refractivity (Wildman–Crippen MR) is 100 cm³/mol. The maximum atomic E-state index is 12.6. The van der Waals surface area contributed by atoms with Crippen molar-refractivity contribution in [3.05, 3.63) is 40.5 Å². The zero-order chi connectivity index (χ0) is 17.8. The van der Waals surface area contributed by atoms with Crippen LogP contribution in [0.5, 0.6) is 0 Å². The Morgan fingerprint density at radius 1 is 1.20 bits per heavy atom. The van der Waals surface area contributed by atoms with Crippen molar-refractivity contribution in [2.24, 2.45) is 11.7 Å². The number of nitrogens with one attached hydrogen (secondary N) is 1. The number of hydrogen-bond donors (Lipinski definition) is 2. The second kappa shape index (κ2) is 7.96. The number of allylic oxidation sites excluding steroid dienone is 1. The summed E-state index contributed by atoms with van der Waals surface area (Å²) in [6.45, 7) is 2.53. The molecule has 1 amide bonds. The van der Waals surface area contributed by atoms with Crippen LogP contribution in [0.2, 0.25) is 0 Å². The Morgan fingerprint density at radius 3 is 2.68 bits per heavy atom. The number of Topliss-reactive ketones (excluding diaryl/α,β-unsaturated/α-hetero) is 1. The molecule has 0 aliphatic heterocycles. The van der Waals surface area contributed by atoms with Gasteiger partial charge in [0.15, 0.2) is 5.78 Å². The number of hydrogen-bond acceptors (Lipinski definition) is 3. The molecule has 0 spiro atoms. The fraction of sp³-hybridized carbons (Fsp3) is 0.524. The van der Waals surface area contributed by atoms with E-state index in [2.05, 4.69) is 24.4 Å². The van der Waals surface area contributed by atoms with Gasteiger partial charge in [0.1, 0.15) is 0 Å². The van der Waals surface area contributed by atoms with Gasteiger partial charge in [0.05, 0.1) is 0 Å². The highest BCUT2D eigenvalue weighted by molar-refractivity contribution is 5.97. The van der Waals surface area contributed by atoms with Crippen molar-refractivity contribution >= 4 is 17.8 Å². The molecule has 0 radical (unpaired) electrons. The molecular weight excluding hydrogens is 312 g/mol. The standard InChI is InChI=1S/C21H28N2O2/c1-14-10-16-4-5-17(13-18(16)11-14)20(24)12-15-2-6-19(7-3-15)23-21(25)8-9-22/h4-5,11,13,15,19H,2-3,6-10,12,22H2,1H3,(H,23,25). The molecular formula is C21H28N2O2. The van der Waals surface area contributed by atoms with Crippen LogP contribution in [0.3, 0.4) is 0 Å². The third-order valence-electron chi connectivity index (χ3n) is 5.40. The third kappa shape index (κ3) is 4.57. The van der Waals surface area contributed by atoms with E-state index in [1.54, 1.807) is 0 Å². The highest BCUT2D eigenvalue weighted by Gasteiger charge is 2.24. The normalized spacial score (nSPS) is 22.2. The maximum Gasteiger partial charge on any atom is 0.221 e.